The number of piperidine rings is 1. The molecule has 0 aliphatic carbocycles. The van der Waals surface area contributed by atoms with Gasteiger partial charge in [-0.25, -0.2) is 0 Å². The molecule has 1 aromatic carbocycles. The highest BCUT2D eigenvalue weighted by atomic mass is 16.5. The average Bonchev–Trinajstić information content (AvgIpc) is 2.48. The standard InChI is InChI=1S/C16H23NO2/c1-3-13-7-9-14(10-8-13)12-17-11-5-4-6-15(17)16(18)19-2/h7-10,15H,3-6,11-12H2,1-2H3/t15-/m1/s1. The number of rotatable bonds is 4. The van der Waals surface area contributed by atoms with Crippen LogP contribution in [0.15, 0.2) is 24.3 Å². The van der Waals surface area contributed by atoms with Crippen LogP contribution in [0.1, 0.15) is 37.3 Å². The molecule has 3 nitrogen and oxygen atoms in total. The van der Waals surface area contributed by atoms with Crippen molar-refractivity contribution in [3.63, 3.8) is 0 Å². The number of aryl methyl sites for hydroxylation is 1. The number of methoxy groups -OCH3 is 1. The summed E-state index contributed by atoms with van der Waals surface area (Å²) in [5.74, 6) is -0.0927. The molecule has 1 heterocycles. The van der Waals surface area contributed by atoms with Gasteiger partial charge in [-0.15, -0.1) is 0 Å². The van der Waals surface area contributed by atoms with Crippen LogP contribution in [0.3, 0.4) is 0 Å². The monoisotopic (exact) mass is 261 g/mol. The van der Waals surface area contributed by atoms with Crippen LogP contribution in [-0.2, 0) is 22.5 Å². The molecule has 1 saturated heterocycles. The van der Waals surface area contributed by atoms with Crippen LogP contribution in [0.2, 0.25) is 0 Å². The van der Waals surface area contributed by atoms with E-state index < -0.39 is 0 Å². The molecule has 0 aromatic heterocycles. The third-order valence-electron chi connectivity index (χ3n) is 3.90. The second-order valence-corrected chi connectivity index (χ2v) is 5.18. The van der Waals surface area contributed by atoms with Crippen molar-refractivity contribution in [1.82, 2.24) is 4.90 Å². The number of hydrogen-bond acceptors (Lipinski definition) is 3. The lowest BCUT2D eigenvalue weighted by atomic mass is 10.0. The largest absolute Gasteiger partial charge is 0.468 e. The SMILES string of the molecule is CCc1ccc(CN2CCCC[C@@H]2C(=O)OC)cc1. The molecule has 1 aromatic rings. The maximum atomic E-state index is 11.8. The first kappa shape index (κ1) is 14.1. The number of carbonyl (C=O) groups excluding carboxylic acids is 1. The third kappa shape index (κ3) is 3.57. The Labute approximate surface area is 115 Å². The zero-order valence-corrected chi connectivity index (χ0v) is 11.9. The number of carbonyl (C=O) groups is 1. The maximum absolute atomic E-state index is 11.8. The normalized spacial score (nSPS) is 20.2. The first-order valence-corrected chi connectivity index (χ1v) is 7.14. The summed E-state index contributed by atoms with van der Waals surface area (Å²) >= 11 is 0. The maximum Gasteiger partial charge on any atom is 0.323 e. The number of likely N-dealkylation sites (tertiary alicyclic amines) is 1. The van der Waals surface area contributed by atoms with E-state index in [1.807, 2.05) is 0 Å². The van der Waals surface area contributed by atoms with Crippen molar-refractivity contribution in [1.29, 1.82) is 0 Å². The van der Waals surface area contributed by atoms with Gasteiger partial charge in [0.25, 0.3) is 0 Å². The van der Waals surface area contributed by atoms with Crippen molar-refractivity contribution in [2.24, 2.45) is 0 Å². The lowest BCUT2D eigenvalue weighted by Crippen LogP contribution is -2.44. The summed E-state index contributed by atoms with van der Waals surface area (Å²) < 4.78 is 4.91. The number of esters is 1. The van der Waals surface area contributed by atoms with Gasteiger partial charge in [-0.2, -0.15) is 0 Å². The van der Waals surface area contributed by atoms with Crippen LogP contribution in [0, 0.1) is 0 Å². The summed E-state index contributed by atoms with van der Waals surface area (Å²) in [7, 11) is 1.48. The predicted molar refractivity (Wildman–Crippen MR) is 75.9 cm³/mol. The van der Waals surface area contributed by atoms with E-state index in [2.05, 4.69) is 36.1 Å². The zero-order chi connectivity index (χ0) is 13.7. The van der Waals surface area contributed by atoms with Gasteiger partial charge in [0.15, 0.2) is 0 Å². The van der Waals surface area contributed by atoms with Crippen LogP contribution < -0.4 is 0 Å². The quantitative estimate of drug-likeness (QED) is 0.781. The van der Waals surface area contributed by atoms with Crippen molar-refractivity contribution < 1.29 is 9.53 Å². The molecule has 1 aliphatic heterocycles. The molecule has 0 unspecified atom stereocenters. The van der Waals surface area contributed by atoms with E-state index >= 15 is 0 Å². The molecule has 3 heteroatoms. The smallest absolute Gasteiger partial charge is 0.323 e. The van der Waals surface area contributed by atoms with Crippen molar-refractivity contribution in [3.8, 4) is 0 Å². The van der Waals surface area contributed by atoms with Gasteiger partial charge < -0.3 is 4.74 Å². The Morgan fingerprint density at radius 3 is 2.58 bits per heavy atom. The summed E-state index contributed by atoms with van der Waals surface area (Å²) in [6, 6.07) is 8.62. The van der Waals surface area contributed by atoms with E-state index in [0.29, 0.717) is 0 Å². The number of nitrogens with zero attached hydrogens (tertiary/aromatic N) is 1. The van der Waals surface area contributed by atoms with Gasteiger partial charge in [0.05, 0.1) is 7.11 Å². The molecule has 1 fully saturated rings. The highest BCUT2D eigenvalue weighted by molar-refractivity contribution is 5.75. The molecule has 0 radical (unpaired) electrons. The minimum absolute atomic E-state index is 0.0652. The lowest BCUT2D eigenvalue weighted by molar-refractivity contribution is -0.148. The topological polar surface area (TPSA) is 29.5 Å². The van der Waals surface area contributed by atoms with Crippen LogP contribution in [0.4, 0.5) is 0 Å². The Morgan fingerprint density at radius 2 is 1.95 bits per heavy atom. The minimum Gasteiger partial charge on any atom is -0.468 e. The van der Waals surface area contributed by atoms with Gasteiger partial charge in [-0.1, -0.05) is 37.6 Å². The Bertz CT molecular complexity index is 413. The summed E-state index contributed by atoms with van der Waals surface area (Å²) in [5.41, 5.74) is 2.62. The summed E-state index contributed by atoms with van der Waals surface area (Å²) in [6.45, 7) is 3.98. The Balaban J connectivity index is 2.03. The number of hydrogen-bond donors (Lipinski definition) is 0. The highest BCUT2D eigenvalue weighted by Gasteiger charge is 2.29. The van der Waals surface area contributed by atoms with Crippen LogP contribution in [-0.4, -0.2) is 30.6 Å². The molecule has 19 heavy (non-hydrogen) atoms. The minimum atomic E-state index is -0.0927. The van der Waals surface area contributed by atoms with E-state index in [1.54, 1.807) is 0 Å². The van der Waals surface area contributed by atoms with E-state index in [1.165, 1.54) is 24.7 Å². The molecular weight excluding hydrogens is 238 g/mol. The van der Waals surface area contributed by atoms with Crippen LogP contribution in [0.5, 0.6) is 0 Å². The second-order valence-electron chi connectivity index (χ2n) is 5.18. The fraction of sp³-hybridized carbons (Fsp3) is 0.562. The van der Waals surface area contributed by atoms with Gasteiger partial charge in [0.2, 0.25) is 0 Å². The highest BCUT2D eigenvalue weighted by Crippen LogP contribution is 2.20. The molecule has 0 N–H and O–H groups in total. The number of benzene rings is 1. The average molecular weight is 261 g/mol. The molecular formula is C16H23NO2. The van der Waals surface area contributed by atoms with E-state index in [4.69, 9.17) is 4.74 Å². The van der Waals surface area contributed by atoms with Crippen molar-refractivity contribution >= 4 is 5.97 Å². The lowest BCUT2D eigenvalue weighted by Gasteiger charge is -2.33. The van der Waals surface area contributed by atoms with Crippen molar-refractivity contribution in [2.75, 3.05) is 13.7 Å². The first-order chi connectivity index (χ1) is 9.24. The Hall–Kier alpha value is -1.35. The number of ether oxygens (including phenoxy) is 1. The van der Waals surface area contributed by atoms with Gasteiger partial charge >= 0.3 is 5.97 Å². The van der Waals surface area contributed by atoms with E-state index in [0.717, 1.165) is 32.4 Å². The summed E-state index contributed by atoms with van der Waals surface area (Å²) in [5, 5.41) is 0. The Morgan fingerprint density at radius 1 is 1.26 bits per heavy atom. The third-order valence-corrected chi connectivity index (χ3v) is 3.90. The van der Waals surface area contributed by atoms with E-state index in [9.17, 15) is 4.79 Å². The molecule has 0 bridgehead atoms. The fourth-order valence-electron chi connectivity index (χ4n) is 2.70. The summed E-state index contributed by atoms with van der Waals surface area (Å²) in [4.78, 5) is 14.1. The molecule has 104 valence electrons. The van der Waals surface area contributed by atoms with Crippen molar-refractivity contribution in [2.45, 2.75) is 45.2 Å². The van der Waals surface area contributed by atoms with Gasteiger partial charge in [0, 0.05) is 6.54 Å². The van der Waals surface area contributed by atoms with Crippen LogP contribution >= 0.6 is 0 Å². The second kappa shape index (κ2) is 6.71. The molecule has 0 amide bonds. The molecule has 0 saturated carbocycles. The van der Waals surface area contributed by atoms with Gasteiger partial charge in [0.1, 0.15) is 6.04 Å². The van der Waals surface area contributed by atoms with E-state index in [-0.39, 0.29) is 12.0 Å². The van der Waals surface area contributed by atoms with Gasteiger partial charge in [-0.05, 0) is 36.9 Å². The van der Waals surface area contributed by atoms with Gasteiger partial charge in [-0.3, -0.25) is 9.69 Å². The molecule has 2 rings (SSSR count). The fourth-order valence-corrected chi connectivity index (χ4v) is 2.70. The first-order valence-electron chi connectivity index (χ1n) is 7.14. The van der Waals surface area contributed by atoms with Crippen LogP contribution in [0.25, 0.3) is 0 Å². The molecule has 1 atom stereocenters. The predicted octanol–water partition coefficient (Wildman–Crippen LogP) is 2.78. The molecule has 1 aliphatic rings. The Kier molecular flexibility index (Phi) is 4.97. The van der Waals surface area contributed by atoms with Crippen molar-refractivity contribution in [3.05, 3.63) is 35.4 Å². The zero-order valence-electron chi connectivity index (χ0n) is 11.9. The molecule has 0 spiro atoms. The summed E-state index contributed by atoms with van der Waals surface area (Å²) in [6.07, 6.45) is 4.26.